The van der Waals surface area contributed by atoms with Gasteiger partial charge in [-0.3, -0.25) is 4.72 Å². The van der Waals surface area contributed by atoms with Crippen molar-refractivity contribution in [2.75, 3.05) is 4.72 Å². The molecule has 0 saturated carbocycles. The molecular formula is C18H13ClF2N2O2S. The number of hydrogen-bond donors (Lipinski definition) is 1. The van der Waals surface area contributed by atoms with Gasteiger partial charge >= 0.3 is 0 Å². The molecule has 0 unspecified atom stereocenters. The van der Waals surface area contributed by atoms with Crippen LogP contribution in [0.1, 0.15) is 5.69 Å². The Kier molecular flexibility index (Phi) is 4.93. The van der Waals surface area contributed by atoms with Crippen LogP contribution in [0.4, 0.5) is 14.6 Å². The van der Waals surface area contributed by atoms with E-state index in [1.165, 1.54) is 6.07 Å². The smallest absolute Gasteiger partial charge is 0.263 e. The van der Waals surface area contributed by atoms with Gasteiger partial charge < -0.3 is 0 Å². The third kappa shape index (κ3) is 3.68. The SMILES string of the molecule is Cc1nc(NS(=O)(=O)c2ccc(F)cc2F)ccc1-c1ccccc1Cl. The Morgan fingerprint density at radius 3 is 2.38 bits per heavy atom. The van der Waals surface area contributed by atoms with E-state index in [2.05, 4.69) is 9.71 Å². The van der Waals surface area contributed by atoms with E-state index in [1.807, 2.05) is 12.1 Å². The summed E-state index contributed by atoms with van der Waals surface area (Å²) in [4.78, 5) is 3.54. The number of rotatable bonds is 4. The standard InChI is InChI=1S/C18H13ClF2N2O2S/c1-11-13(14-4-2-3-5-15(14)19)7-9-18(22-11)23-26(24,25)17-8-6-12(20)10-16(17)21/h2-10H,1H3,(H,22,23). The third-order valence-electron chi connectivity index (χ3n) is 3.67. The molecule has 0 radical (unpaired) electrons. The lowest BCUT2D eigenvalue weighted by molar-refractivity contribution is 0.551. The van der Waals surface area contributed by atoms with Crippen molar-refractivity contribution in [1.29, 1.82) is 0 Å². The van der Waals surface area contributed by atoms with E-state index in [0.717, 1.165) is 23.3 Å². The molecule has 1 aromatic heterocycles. The highest BCUT2D eigenvalue weighted by molar-refractivity contribution is 7.92. The molecule has 2 aromatic carbocycles. The van der Waals surface area contributed by atoms with E-state index in [9.17, 15) is 17.2 Å². The van der Waals surface area contributed by atoms with E-state index < -0.39 is 26.6 Å². The molecule has 4 nitrogen and oxygen atoms in total. The van der Waals surface area contributed by atoms with Crippen LogP contribution in [-0.4, -0.2) is 13.4 Å². The molecular weight excluding hydrogens is 382 g/mol. The fourth-order valence-corrected chi connectivity index (χ4v) is 3.77. The number of hydrogen-bond acceptors (Lipinski definition) is 3. The fourth-order valence-electron chi connectivity index (χ4n) is 2.47. The van der Waals surface area contributed by atoms with Crippen LogP contribution in [0.25, 0.3) is 11.1 Å². The van der Waals surface area contributed by atoms with Gasteiger partial charge in [0.2, 0.25) is 0 Å². The monoisotopic (exact) mass is 394 g/mol. The number of anilines is 1. The molecule has 3 aromatic rings. The highest BCUT2D eigenvalue weighted by Crippen LogP contribution is 2.30. The summed E-state index contributed by atoms with van der Waals surface area (Å²) >= 11 is 6.18. The van der Waals surface area contributed by atoms with Gasteiger partial charge in [-0.2, -0.15) is 0 Å². The summed E-state index contributed by atoms with van der Waals surface area (Å²) in [5, 5.41) is 0.541. The van der Waals surface area contributed by atoms with E-state index in [1.54, 1.807) is 25.1 Å². The van der Waals surface area contributed by atoms with Crippen LogP contribution in [0.2, 0.25) is 5.02 Å². The van der Waals surface area contributed by atoms with Crippen LogP contribution in [-0.2, 0) is 10.0 Å². The Hall–Kier alpha value is -2.51. The van der Waals surface area contributed by atoms with Crippen LogP contribution >= 0.6 is 11.6 Å². The molecule has 8 heteroatoms. The van der Waals surface area contributed by atoms with Gasteiger partial charge in [-0.25, -0.2) is 22.2 Å². The second kappa shape index (κ2) is 7.01. The first-order valence-electron chi connectivity index (χ1n) is 7.48. The van der Waals surface area contributed by atoms with Crippen LogP contribution < -0.4 is 4.72 Å². The van der Waals surface area contributed by atoms with Crippen molar-refractivity contribution >= 4 is 27.4 Å². The van der Waals surface area contributed by atoms with Crippen molar-refractivity contribution in [3.63, 3.8) is 0 Å². The number of sulfonamides is 1. The number of aromatic nitrogens is 1. The zero-order chi connectivity index (χ0) is 18.9. The maximum Gasteiger partial charge on any atom is 0.265 e. The summed E-state index contributed by atoms with van der Waals surface area (Å²) in [6.45, 7) is 1.70. The summed E-state index contributed by atoms with van der Waals surface area (Å²) in [6, 6.07) is 12.5. The first kappa shape index (κ1) is 18.3. The van der Waals surface area contributed by atoms with Crippen LogP contribution in [0.15, 0.2) is 59.5 Å². The lowest BCUT2D eigenvalue weighted by Gasteiger charge is -2.12. The minimum Gasteiger partial charge on any atom is -0.263 e. The molecule has 0 fully saturated rings. The second-order valence-electron chi connectivity index (χ2n) is 5.49. The van der Waals surface area contributed by atoms with Gasteiger partial charge in [0.15, 0.2) is 0 Å². The average molecular weight is 395 g/mol. The number of aryl methyl sites for hydroxylation is 1. The van der Waals surface area contributed by atoms with Crippen LogP contribution in [0, 0.1) is 18.6 Å². The van der Waals surface area contributed by atoms with Crippen molar-refractivity contribution in [2.24, 2.45) is 0 Å². The van der Waals surface area contributed by atoms with Crippen molar-refractivity contribution in [3.05, 3.63) is 76.9 Å². The van der Waals surface area contributed by atoms with E-state index in [-0.39, 0.29) is 5.82 Å². The molecule has 0 bridgehead atoms. The molecule has 1 N–H and O–H groups in total. The van der Waals surface area contributed by atoms with Gasteiger partial charge in [0.1, 0.15) is 22.3 Å². The van der Waals surface area contributed by atoms with Crippen LogP contribution in [0.5, 0.6) is 0 Å². The summed E-state index contributed by atoms with van der Waals surface area (Å²) in [5.41, 5.74) is 2.04. The molecule has 3 rings (SSSR count). The molecule has 0 aliphatic carbocycles. The lowest BCUT2D eigenvalue weighted by Crippen LogP contribution is -2.16. The maximum absolute atomic E-state index is 13.8. The molecule has 0 aliphatic rings. The van der Waals surface area contributed by atoms with Crippen LogP contribution in [0.3, 0.4) is 0 Å². The zero-order valence-corrected chi connectivity index (χ0v) is 15.1. The van der Waals surface area contributed by atoms with Crippen molar-refractivity contribution in [1.82, 2.24) is 4.98 Å². The predicted molar refractivity (Wildman–Crippen MR) is 96.6 cm³/mol. The predicted octanol–water partition coefficient (Wildman–Crippen LogP) is 4.79. The Balaban J connectivity index is 1.94. The second-order valence-corrected chi connectivity index (χ2v) is 7.55. The Morgan fingerprint density at radius 2 is 1.73 bits per heavy atom. The Bertz CT molecular complexity index is 1090. The van der Waals surface area contributed by atoms with E-state index in [0.29, 0.717) is 16.8 Å². The number of nitrogens with zero attached hydrogens (tertiary/aromatic N) is 1. The van der Waals surface area contributed by atoms with Gasteiger partial charge in [-0.05, 0) is 37.3 Å². The fraction of sp³-hybridized carbons (Fsp3) is 0.0556. The number of benzene rings is 2. The molecule has 0 saturated heterocycles. The van der Waals surface area contributed by atoms with Gasteiger partial charge in [-0.1, -0.05) is 29.8 Å². The van der Waals surface area contributed by atoms with Gasteiger partial charge in [0, 0.05) is 27.9 Å². The molecule has 0 spiro atoms. The maximum atomic E-state index is 13.8. The third-order valence-corrected chi connectivity index (χ3v) is 5.39. The average Bonchev–Trinajstić information content (AvgIpc) is 2.55. The number of pyridine rings is 1. The molecule has 1 heterocycles. The highest BCUT2D eigenvalue weighted by atomic mass is 35.5. The minimum atomic E-state index is -4.24. The summed E-state index contributed by atoms with van der Waals surface area (Å²) < 4.78 is 53.6. The molecule has 0 atom stereocenters. The topological polar surface area (TPSA) is 59.1 Å². The molecule has 134 valence electrons. The quantitative estimate of drug-likeness (QED) is 0.692. The highest BCUT2D eigenvalue weighted by Gasteiger charge is 2.20. The minimum absolute atomic E-state index is 0.0158. The number of nitrogens with one attached hydrogen (secondary N) is 1. The van der Waals surface area contributed by atoms with Gasteiger partial charge in [0.05, 0.1) is 0 Å². The zero-order valence-electron chi connectivity index (χ0n) is 13.5. The summed E-state index contributed by atoms with van der Waals surface area (Å²) in [6.07, 6.45) is 0. The molecule has 0 aliphatic heterocycles. The molecule has 0 amide bonds. The van der Waals surface area contributed by atoms with Crippen molar-refractivity contribution in [2.45, 2.75) is 11.8 Å². The molecule has 26 heavy (non-hydrogen) atoms. The Labute approximate surface area is 154 Å². The van der Waals surface area contributed by atoms with Crippen molar-refractivity contribution < 1.29 is 17.2 Å². The first-order valence-corrected chi connectivity index (χ1v) is 9.34. The van der Waals surface area contributed by atoms with E-state index >= 15 is 0 Å². The Morgan fingerprint density at radius 1 is 1.00 bits per heavy atom. The van der Waals surface area contributed by atoms with Gasteiger partial charge in [-0.15, -0.1) is 0 Å². The largest absolute Gasteiger partial charge is 0.265 e. The normalized spacial score (nSPS) is 11.4. The van der Waals surface area contributed by atoms with E-state index in [4.69, 9.17) is 11.6 Å². The number of halogens is 3. The van der Waals surface area contributed by atoms with Gasteiger partial charge in [0.25, 0.3) is 10.0 Å². The first-order chi connectivity index (χ1) is 12.3. The lowest BCUT2D eigenvalue weighted by atomic mass is 10.0. The summed E-state index contributed by atoms with van der Waals surface area (Å²) in [7, 11) is -4.24. The van der Waals surface area contributed by atoms with Crippen molar-refractivity contribution in [3.8, 4) is 11.1 Å². The summed E-state index contributed by atoms with van der Waals surface area (Å²) in [5.74, 6) is -2.02.